The summed E-state index contributed by atoms with van der Waals surface area (Å²) in [5.74, 6) is 1.07. The molecule has 0 amide bonds. The Morgan fingerprint density at radius 2 is 2.05 bits per heavy atom. The molecule has 0 spiro atoms. The number of benzene rings is 1. The molecular weight excluding hydrogens is 279 g/mol. The first kappa shape index (κ1) is 17.0. The Labute approximate surface area is 132 Å². The van der Waals surface area contributed by atoms with Crippen molar-refractivity contribution < 1.29 is 19.6 Å². The molecule has 5 heteroatoms. The largest absolute Gasteiger partial charge is 0.492 e. The van der Waals surface area contributed by atoms with Gasteiger partial charge in [-0.05, 0) is 23.9 Å². The third-order valence-corrected chi connectivity index (χ3v) is 4.28. The highest BCUT2D eigenvalue weighted by atomic mass is 16.5. The van der Waals surface area contributed by atoms with Crippen LogP contribution in [0.3, 0.4) is 0 Å². The van der Waals surface area contributed by atoms with Gasteiger partial charge in [-0.1, -0.05) is 39.3 Å². The first-order valence-electron chi connectivity index (χ1n) is 8.03. The molecule has 0 aromatic heterocycles. The van der Waals surface area contributed by atoms with Gasteiger partial charge in [-0.2, -0.15) is 0 Å². The van der Waals surface area contributed by atoms with Crippen LogP contribution in [-0.2, 0) is 16.6 Å². The van der Waals surface area contributed by atoms with Crippen LogP contribution in [0.1, 0.15) is 57.6 Å². The Morgan fingerprint density at radius 3 is 2.68 bits per heavy atom. The molecule has 1 aromatic rings. The fourth-order valence-corrected chi connectivity index (χ4v) is 2.82. The van der Waals surface area contributed by atoms with Gasteiger partial charge in [0.15, 0.2) is 0 Å². The van der Waals surface area contributed by atoms with Gasteiger partial charge in [0.2, 0.25) is 0 Å². The molecule has 2 rings (SSSR count). The lowest BCUT2D eigenvalue weighted by molar-refractivity contribution is -0.119. The molecule has 0 saturated carbocycles. The Hall–Kier alpha value is -1.33. The summed E-state index contributed by atoms with van der Waals surface area (Å²) in [5, 5.41) is 19.0. The molecule has 1 aromatic carbocycles. The zero-order chi connectivity index (χ0) is 16.3. The second-order valence-corrected chi connectivity index (χ2v) is 6.75. The standard InChI is InChI=1S/C17H25BO4/c1-4-5-6-14(19)8-7-12-9-13(18(20)21)10-15-16(12)22-11-17(15,2)3/h9-10,20-21H,4-8,11H2,1-3H3. The first-order chi connectivity index (χ1) is 10.3. The van der Waals surface area contributed by atoms with Crippen molar-refractivity contribution in [3.8, 4) is 5.75 Å². The number of unbranched alkanes of at least 4 members (excludes halogenated alkanes) is 1. The maximum Gasteiger partial charge on any atom is 0.488 e. The van der Waals surface area contributed by atoms with Crippen LogP contribution < -0.4 is 10.2 Å². The van der Waals surface area contributed by atoms with Crippen LogP contribution in [0.4, 0.5) is 0 Å². The van der Waals surface area contributed by atoms with Gasteiger partial charge >= 0.3 is 7.12 Å². The maximum atomic E-state index is 11.9. The molecule has 4 nitrogen and oxygen atoms in total. The zero-order valence-corrected chi connectivity index (χ0v) is 13.7. The van der Waals surface area contributed by atoms with E-state index in [2.05, 4.69) is 20.8 Å². The number of ether oxygens (including phenoxy) is 1. The quantitative estimate of drug-likeness (QED) is 0.753. The highest BCUT2D eigenvalue weighted by Crippen LogP contribution is 2.40. The number of aryl methyl sites for hydroxylation is 1. The van der Waals surface area contributed by atoms with Crippen LogP contribution in [0, 0.1) is 0 Å². The van der Waals surface area contributed by atoms with E-state index in [4.69, 9.17) is 4.74 Å². The zero-order valence-electron chi connectivity index (χ0n) is 13.7. The smallest absolute Gasteiger partial charge is 0.488 e. The average molecular weight is 304 g/mol. The summed E-state index contributed by atoms with van der Waals surface area (Å²) in [5.41, 5.74) is 2.21. The molecule has 22 heavy (non-hydrogen) atoms. The lowest BCUT2D eigenvalue weighted by Gasteiger charge is -2.17. The molecule has 1 aliphatic heterocycles. The van der Waals surface area contributed by atoms with Gasteiger partial charge in [0.05, 0.1) is 6.61 Å². The first-order valence-corrected chi connectivity index (χ1v) is 8.03. The van der Waals surface area contributed by atoms with Crippen LogP contribution in [0.25, 0.3) is 0 Å². The summed E-state index contributed by atoms with van der Waals surface area (Å²) in [6.45, 7) is 6.79. The molecular formula is C17H25BO4. The van der Waals surface area contributed by atoms with E-state index in [0.717, 1.165) is 29.7 Å². The summed E-state index contributed by atoms with van der Waals surface area (Å²) >= 11 is 0. The van der Waals surface area contributed by atoms with Crippen molar-refractivity contribution in [3.63, 3.8) is 0 Å². The maximum absolute atomic E-state index is 11.9. The summed E-state index contributed by atoms with van der Waals surface area (Å²) in [7, 11) is -1.50. The Morgan fingerprint density at radius 1 is 1.32 bits per heavy atom. The number of rotatable bonds is 7. The number of ketones is 1. The van der Waals surface area contributed by atoms with Crippen molar-refractivity contribution in [2.45, 2.75) is 58.3 Å². The molecule has 0 saturated heterocycles. The van der Waals surface area contributed by atoms with Gasteiger partial charge in [-0.3, -0.25) is 4.79 Å². The molecule has 0 bridgehead atoms. The van der Waals surface area contributed by atoms with E-state index in [1.54, 1.807) is 12.1 Å². The number of hydrogen-bond acceptors (Lipinski definition) is 4. The monoisotopic (exact) mass is 304 g/mol. The summed E-state index contributed by atoms with van der Waals surface area (Å²) in [4.78, 5) is 11.9. The lowest BCUT2D eigenvalue weighted by atomic mass is 9.75. The van der Waals surface area contributed by atoms with Gasteiger partial charge in [-0.25, -0.2) is 0 Å². The summed E-state index contributed by atoms with van der Waals surface area (Å²) in [6.07, 6.45) is 3.62. The Balaban J connectivity index is 2.22. The Kier molecular flexibility index (Phi) is 5.30. The van der Waals surface area contributed by atoms with Crippen LogP contribution in [0.2, 0.25) is 0 Å². The van der Waals surface area contributed by atoms with Crippen molar-refractivity contribution in [2.75, 3.05) is 6.61 Å². The number of fused-ring (bicyclic) bond motifs is 1. The minimum absolute atomic E-state index is 0.152. The number of carbonyl (C=O) groups excluding carboxylic acids is 1. The third-order valence-electron chi connectivity index (χ3n) is 4.28. The van der Waals surface area contributed by atoms with Gasteiger partial charge in [0.1, 0.15) is 11.5 Å². The molecule has 0 radical (unpaired) electrons. The molecule has 120 valence electrons. The predicted octanol–water partition coefficient (Wildman–Crippen LogP) is 1.73. The van der Waals surface area contributed by atoms with Crippen molar-refractivity contribution in [2.24, 2.45) is 0 Å². The van der Waals surface area contributed by atoms with E-state index < -0.39 is 7.12 Å². The van der Waals surface area contributed by atoms with Crippen molar-refractivity contribution in [3.05, 3.63) is 23.3 Å². The molecule has 0 fully saturated rings. The second-order valence-electron chi connectivity index (χ2n) is 6.75. The molecule has 0 aliphatic carbocycles. The number of hydrogen-bond donors (Lipinski definition) is 2. The lowest BCUT2D eigenvalue weighted by Crippen LogP contribution is -2.31. The highest BCUT2D eigenvalue weighted by Gasteiger charge is 2.34. The van der Waals surface area contributed by atoms with E-state index in [0.29, 0.717) is 31.3 Å². The number of Topliss-reactive ketones (excluding diaryl/α,β-unsaturated/α-hetero) is 1. The topological polar surface area (TPSA) is 66.8 Å². The van der Waals surface area contributed by atoms with E-state index in [1.165, 1.54) is 0 Å². The van der Waals surface area contributed by atoms with Crippen LogP contribution >= 0.6 is 0 Å². The minimum atomic E-state index is -1.50. The van der Waals surface area contributed by atoms with Crippen LogP contribution in [0.15, 0.2) is 12.1 Å². The van der Waals surface area contributed by atoms with Gasteiger partial charge < -0.3 is 14.8 Å². The Bertz CT molecular complexity index is 552. The third kappa shape index (κ3) is 3.71. The SMILES string of the molecule is CCCCC(=O)CCc1cc(B(O)O)cc2c1OCC2(C)C. The molecule has 1 aliphatic rings. The van der Waals surface area contributed by atoms with Crippen LogP contribution in [-0.4, -0.2) is 29.6 Å². The van der Waals surface area contributed by atoms with Gasteiger partial charge in [0, 0.05) is 23.8 Å². The van der Waals surface area contributed by atoms with Gasteiger partial charge in [-0.15, -0.1) is 0 Å². The summed E-state index contributed by atoms with van der Waals surface area (Å²) < 4.78 is 5.82. The van der Waals surface area contributed by atoms with Gasteiger partial charge in [0.25, 0.3) is 0 Å². The number of carbonyl (C=O) groups is 1. The van der Waals surface area contributed by atoms with E-state index >= 15 is 0 Å². The van der Waals surface area contributed by atoms with E-state index in [1.807, 2.05) is 0 Å². The van der Waals surface area contributed by atoms with Crippen LogP contribution in [0.5, 0.6) is 5.75 Å². The molecule has 2 N–H and O–H groups in total. The highest BCUT2D eigenvalue weighted by molar-refractivity contribution is 6.58. The second kappa shape index (κ2) is 6.84. The molecule has 0 unspecified atom stereocenters. The predicted molar refractivity (Wildman–Crippen MR) is 87.6 cm³/mol. The molecule has 1 heterocycles. The normalized spacial score (nSPS) is 15.3. The average Bonchev–Trinajstić information content (AvgIpc) is 2.78. The van der Waals surface area contributed by atoms with Crippen molar-refractivity contribution in [1.29, 1.82) is 0 Å². The fraction of sp³-hybridized carbons (Fsp3) is 0.588. The van der Waals surface area contributed by atoms with E-state index in [9.17, 15) is 14.8 Å². The van der Waals surface area contributed by atoms with E-state index in [-0.39, 0.29) is 11.2 Å². The minimum Gasteiger partial charge on any atom is -0.492 e. The summed E-state index contributed by atoms with van der Waals surface area (Å²) in [6, 6.07) is 3.55. The van der Waals surface area contributed by atoms with Crippen molar-refractivity contribution >= 4 is 18.4 Å². The fourth-order valence-electron chi connectivity index (χ4n) is 2.82. The van der Waals surface area contributed by atoms with Crippen molar-refractivity contribution in [1.82, 2.24) is 0 Å². The molecule has 0 atom stereocenters.